The van der Waals surface area contributed by atoms with Crippen LogP contribution in [0, 0.1) is 5.92 Å². The number of rotatable bonds is 4. The number of hydrogen-bond donors (Lipinski definition) is 3. The van der Waals surface area contributed by atoms with Gasteiger partial charge in [-0.3, -0.25) is 0 Å². The SMILES string of the molecule is CC(C)CNC(=O)Nc1ccc(C(C)N)cc1. The zero-order chi connectivity index (χ0) is 12.8. The first-order valence-corrected chi connectivity index (χ1v) is 5.89. The standard InChI is InChI=1S/C13H21N3O/c1-9(2)8-15-13(17)16-12-6-4-11(5-7-12)10(3)14/h4-7,9-10H,8,14H2,1-3H3,(H2,15,16,17). The molecule has 0 aromatic heterocycles. The van der Waals surface area contributed by atoms with Gasteiger partial charge in [-0.1, -0.05) is 26.0 Å². The third-order valence-corrected chi connectivity index (χ3v) is 2.37. The molecule has 1 unspecified atom stereocenters. The minimum atomic E-state index is -0.174. The first-order valence-electron chi connectivity index (χ1n) is 5.89. The summed E-state index contributed by atoms with van der Waals surface area (Å²) < 4.78 is 0. The quantitative estimate of drug-likeness (QED) is 0.750. The van der Waals surface area contributed by atoms with Crippen LogP contribution in [-0.4, -0.2) is 12.6 Å². The Hall–Kier alpha value is -1.55. The Labute approximate surface area is 103 Å². The van der Waals surface area contributed by atoms with Crippen LogP contribution < -0.4 is 16.4 Å². The van der Waals surface area contributed by atoms with Gasteiger partial charge in [0.1, 0.15) is 0 Å². The summed E-state index contributed by atoms with van der Waals surface area (Å²) in [4.78, 5) is 11.5. The number of carbonyl (C=O) groups is 1. The van der Waals surface area contributed by atoms with E-state index < -0.39 is 0 Å². The smallest absolute Gasteiger partial charge is 0.319 e. The van der Waals surface area contributed by atoms with Crippen molar-refractivity contribution in [2.24, 2.45) is 11.7 Å². The Bertz CT molecular complexity index is 357. The number of nitrogens with one attached hydrogen (secondary N) is 2. The average molecular weight is 235 g/mol. The third kappa shape index (κ3) is 4.87. The highest BCUT2D eigenvalue weighted by molar-refractivity contribution is 5.89. The van der Waals surface area contributed by atoms with E-state index in [1.807, 2.05) is 31.2 Å². The largest absolute Gasteiger partial charge is 0.338 e. The lowest BCUT2D eigenvalue weighted by atomic mass is 10.1. The Morgan fingerprint density at radius 3 is 2.29 bits per heavy atom. The summed E-state index contributed by atoms with van der Waals surface area (Å²) in [6.07, 6.45) is 0. The van der Waals surface area contributed by atoms with Crippen molar-refractivity contribution < 1.29 is 4.79 Å². The average Bonchev–Trinajstić information content (AvgIpc) is 2.27. The van der Waals surface area contributed by atoms with E-state index in [1.54, 1.807) is 0 Å². The van der Waals surface area contributed by atoms with E-state index in [0.29, 0.717) is 12.5 Å². The molecule has 4 nitrogen and oxygen atoms in total. The second-order valence-electron chi connectivity index (χ2n) is 4.64. The molecule has 94 valence electrons. The van der Waals surface area contributed by atoms with Crippen molar-refractivity contribution in [1.29, 1.82) is 0 Å². The van der Waals surface area contributed by atoms with Crippen molar-refractivity contribution in [2.75, 3.05) is 11.9 Å². The normalized spacial score (nSPS) is 12.3. The summed E-state index contributed by atoms with van der Waals surface area (Å²) in [5.74, 6) is 0.446. The first kappa shape index (κ1) is 13.5. The topological polar surface area (TPSA) is 67.2 Å². The number of carbonyl (C=O) groups excluding carboxylic acids is 1. The second-order valence-corrected chi connectivity index (χ2v) is 4.64. The highest BCUT2D eigenvalue weighted by atomic mass is 16.2. The molecule has 0 heterocycles. The number of urea groups is 1. The van der Waals surface area contributed by atoms with Gasteiger partial charge in [0.25, 0.3) is 0 Å². The van der Waals surface area contributed by atoms with Gasteiger partial charge in [-0.05, 0) is 30.5 Å². The summed E-state index contributed by atoms with van der Waals surface area (Å²) in [5.41, 5.74) is 7.57. The molecule has 0 aliphatic carbocycles. The van der Waals surface area contributed by atoms with Crippen LogP contribution in [0.1, 0.15) is 32.4 Å². The molecule has 0 aliphatic rings. The van der Waals surface area contributed by atoms with E-state index in [2.05, 4.69) is 24.5 Å². The van der Waals surface area contributed by atoms with Crippen molar-refractivity contribution in [3.05, 3.63) is 29.8 Å². The van der Waals surface area contributed by atoms with Gasteiger partial charge < -0.3 is 16.4 Å². The predicted molar refractivity (Wildman–Crippen MR) is 70.9 cm³/mol. The van der Waals surface area contributed by atoms with E-state index in [0.717, 1.165) is 11.3 Å². The molecular weight excluding hydrogens is 214 g/mol. The second kappa shape index (κ2) is 6.25. The Morgan fingerprint density at radius 2 is 1.82 bits per heavy atom. The van der Waals surface area contributed by atoms with Crippen LogP contribution in [0.4, 0.5) is 10.5 Å². The molecule has 0 aliphatic heterocycles. The highest BCUT2D eigenvalue weighted by Crippen LogP contribution is 2.13. The van der Waals surface area contributed by atoms with Crippen molar-refractivity contribution in [2.45, 2.75) is 26.8 Å². The molecule has 0 bridgehead atoms. The van der Waals surface area contributed by atoms with Gasteiger partial charge in [-0.15, -0.1) is 0 Å². The summed E-state index contributed by atoms with van der Waals surface area (Å²) in [7, 11) is 0. The van der Waals surface area contributed by atoms with Gasteiger partial charge in [0.2, 0.25) is 0 Å². The van der Waals surface area contributed by atoms with E-state index in [9.17, 15) is 4.79 Å². The summed E-state index contributed by atoms with van der Waals surface area (Å²) in [6, 6.07) is 7.39. The van der Waals surface area contributed by atoms with Gasteiger partial charge in [0.15, 0.2) is 0 Å². The minimum Gasteiger partial charge on any atom is -0.338 e. The molecule has 1 aromatic carbocycles. The number of nitrogens with two attached hydrogens (primary N) is 1. The van der Waals surface area contributed by atoms with Crippen molar-refractivity contribution >= 4 is 11.7 Å². The number of benzene rings is 1. The molecular formula is C13H21N3O. The maximum Gasteiger partial charge on any atom is 0.319 e. The Balaban J connectivity index is 2.48. The molecule has 4 N–H and O–H groups in total. The maximum absolute atomic E-state index is 11.5. The Morgan fingerprint density at radius 1 is 1.24 bits per heavy atom. The molecule has 17 heavy (non-hydrogen) atoms. The number of hydrogen-bond acceptors (Lipinski definition) is 2. The van der Waals surface area contributed by atoms with Gasteiger partial charge in [-0.25, -0.2) is 4.79 Å². The minimum absolute atomic E-state index is 0.0128. The van der Waals surface area contributed by atoms with E-state index in [1.165, 1.54) is 0 Å². The summed E-state index contributed by atoms with van der Waals surface area (Å²) in [6.45, 7) is 6.71. The molecule has 0 fully saturated rings. The lowest BCUT2D eigenvalue weighted by Gasteiger charge is -2.10. The fourth-order valence-corrected chi connectivity index (χ4v) is 1.34. The summed E-state index contributed by atoms with van der Waals surface area (Å²) >= 11 is 0. The molecule has 4 heteroatoms. The zero-order valence-electron chi connectivity index (χ0n) is 10.7. The van der Waals surface area contributed by atoms with Crippen LogP contribution in [-0.2, 0) is 0 Å². The van der Waals surface area contributed by atoms with Gasteiger partial charge in [0, 0.05) is 18.3 Å². The predicted octanol–water partition coefficient (Wildman–Crippen LogP) is 2.48. The van der Waals surface area contributed by atoms with Crippen LogP contribution >= 0.6 is 0 Å². The fraction of sp³-hybridized carbons (Fsp3) is 0.462. The molecule has 1 rings (SSSR count). The highest BCUT2D eigenvalue weighted by Gasteiger charge is 2.03. The molecule has 1 atom stereocenters. The lowest BCUT2D eigenvalue weighted by Crippen LogP contribution is -2.31. The van der Waals surface area contributed by atoms with E-state index >= 15 is 0 Å². The van der Waals surface area contributed by atoms with Crippen LogP contribution in [0.25, 0.3) is 0 Å². The molecule has 2 amide bonds. The zero-order valence-corrected chi connectivity index (χ0v) is 10.7. The Kier molecular flexibility index (Phi) is 4.97. The molecule has 0 saturated carbocycles. The third-order valence-electron chi connectivity index (χ3n) is 2.37. The van der Waals surface area contributed by atoms with E-state index in [-0.39, 0.29) is 12.1 Å². The number of amides is 2. The van der Waals surface area contributed by atoms with Crippen molar-refractivity contribution in [1.82, 2.24) is 5.32 Å². The van der Waals surface area contributed by atoms with Crippen LogP contribution in [0.2, 0.25) is 0 Å². The molecule has 0 saturated heterocycles. The number of anilines is 1. The van der Waals surface area contributed by atoms with Crippen molar-refractivity contribution in [3.8, 4) is 0 Å². The van der Waals surface area contributed by atoms with Crippen LogP contribution in [0.3, 0.4) is 0 Å². The van der Waals surface area contributed by atoms with Crippen LogP contribution in [0.5, 0.6) is 0 Å². The summed E-state index contributed by atoms with van der Waals surface area (Å²) in [5, 5.41) is 5.57. The van der Waals surface area contributed by atoms with Gasteiger partial charge in [0.05, 0.1) is 0 Å². The van der Waals surface area contributed by atoms with Crippen molar-refractivity contribution in [3.63, 3.8) is 0 Å². The fourth-order valence-electron chi connectivity index (χ4n) is 1.34. The molecule has 0 radical (unpaired) electrons. The lowest BCUT2D eigenvalue weighted by molar-refractivity contribution is 0.251. The molecule has 1 aromatic rings. The van der Waals surface area contributed by atoms with Gasteiger partial charge in [-0.2, -0.15) is 0 Å². The molecule has 0 spiro atoms. The monoisotopic (exact) mass is 235 g/mol. The maximum atomic E-state index is 11.5. The van der Waals surface area contributed by atoms with Gasteiger partial charge >= 0.3 is 6.03 Å². The first-order chi connectivity index (χ1) is 7.99. The van der Waals surface area contributed by atoms with E-state index in [4.69, 9.17) is 5.73 Å². The van der Waals surface area contributed by atoms with Crippen LogP contribution in [0.15, 0.2) is 24.3 Å².